The van der Waals surface area contributed by atoms with Gasteiger partial charge in [-0.2, -0.15) is 16.8 Å². The van der Waals surface area contributed by atoms with Crippen molar-refractivity contribution in [2.45, 2.75) is 57.8 Å². The van der Waals surface area contributed by atoms with Crippen molar-refractivity contribution in [1.82, 2.24) is 0 Å². The Morgan fingerprint density at radius 2 is 1.25 bits per heavy atom. The van der Waals surface area contributed by atoms with Gasteiger partial charge in [0, 0.05) is 17.2 Å². The van der Waals surface area contributed by atoms with E-state index in [1.54, 1.807) is 0 Å². The zero-order valence-electron chi connectivity index (χ0n) is 13.2. The third kappa shape index (κ3) is 10.2. The topological polar surface area (TPSA) is 143 Å². The molecular formula is C14H22O8S2. The minimum Gasteiger partial charge on any atom is -0.481 e. The molecule has 0 amide bonds. The van der Waals surface area contributed by atoms with Crippen molar-refractivity contribution in [3.63, 3.8) is 0 Å². The Labute approximate surface area is 143 Å². The van der Waals surface area contributed by atoms with Crippen molar-refractivity contribution in [1.29, 1.82) is 0 Å². The predicted octanol–water partition coefficient (Wildman–Crippen LogP) is 1.02. The largest absolute Gasteiger partial charge is 0.481 e. The lowest BCUT2D eigenvalue weighted by molar-refractivity contribution is -0.148. The molecule has 0 spiro atoms. The summed E-state index contributed by atoms with van der Waals surface area (Å²) in [5, 5.41) is 19.6. The summed E-state index contributed by atoms with van der Waals surface area (Å²) in [6.07, 6.45) is 2.82. The molecule has 8 nitrogen and oxygen atoms in total. The Bertz CT molecular complexity index is 634. The third-order valence-electron chi connectivity index (χ3n) is 3.72. The molecule has 0 aliphatic rings. The van der Waals surface area contributed by atoms with Gasteiger partial charge in [-0.25, -0.2) is 0 Å². The zero-order chi connectivity index (χ0) is 18.6. The first-order chi connectivity index (χ1) is 11.2. The third-order valence-corrected chi connectivity index (χ3v) is 4.60. The fraction of sp³-hybridized carbons (Fsp3) is 0.714. The average molecular weight is 382 g/mol. The Kier molecular flexibility index (Phi) is 11.0. The molecule has 0 fully saturated rings. The van der Waals surface area contributed by atoms with E-state index in [1.165, 1.54) is 0 Å². The maximum Gasteiger partial charge on any atom is 0.310 e. The molecule has 10 heteroatoms. The summed E-state index contributed by atoms with van der Waals surface area (Å²) in [7, 11) is -5.04. The maximum absolute atomic E-state index is 11.6. The molecule has 24 heavy (non-hydrogen) atoms. The highest BCUT2D eigenvalue weighted by molar-refractivity contribution is 7.71. The number of aliphatic carboxylic acids is 2. The van der Waals surface area contributed by atoms with Gasteiger partial charge in [-0.15, -0.1) is 0 Å². The van der Waals surface area contributed by atoms with Crippen LogP contribution in [0.2, 0.25) is 0 Å². The second-order valence-electron chi connectivity index (χ2n) is 5.51. The van der Waals surface area contributed by atoms with Crippen LogP contribution in [0.5, 0.6) is 0 Å². The molecule has 0 unspecified atom stereocenters. The van der Waals surface area contributed by atoms with E-state index in [2.05, 4.69) is 0 Å². The molecule has 0 aromatic rings. The number of rotatable bonds is 13. The van der Waals surface area contributed by atoms with E-state index >= 15 is 0 Å². The summed E-state index contributed by atoms with van der Waals surface area (Å²) in [5.41, 5.74) is -1.47. The van der Waals surface area contributed by atoms with E-state index in [4.69, 9.17) is 5.11 Å². The van der Waals surface area contributed by atoms with Crippen molar-refractivity contribution in [3.8, 4) is 0 Å². The van der Waals surface area contributed by atoms with E-state index in [0.717, 1.165) is 17.2 Å². The summed E-state index contributed by atoms with van der Waals surface area (Å²) >= 11 is 0. The van der Waals surface area contributed by atoms with Crippen molar-refractivity contribution in [2.24, 2.45) is 5.41 Å². The van der Waals surface area contributed by atoms with Gasteiger partial charge in [0.05, 0.1) is 5.41 Å². The second kappa shape index (κ2) is 11.8. The van der Waals surface area contributed by atoms with E-state index in [-0.39, 0.29) is 25.7 Å². The zero-order valence-corrected chi connectivity index (χ0v) is 14.8. The van der Waals surface area contributed by atoms with Crippen molar-refractivity contribution >= 4 is 43.3 Å². The summed E-state index contributed by atoms with van der Waals surface area (Å²) in [6, 6.07) is 0. The number of carbonyl (C=O) groups is 2. The van der Waals surface area contributed by atoms with Gasteiger partial charge in [0.25, 0.3) is 0 Å². The highest BCUT2D eigenvalue weighted by atomic mass is 32.2. The van der Waals surface area contributed by atoms with Crippen LogP contribution in [0.3, 0.4) is 0 Å². The standard InChI is InChI=1S/C14H22O8S2/c15-12(16)6-4-2-1-3-5-7-14(13(17)18,8-10-23(19)20)9-11-24(21)22/h10-11H,1-9H2,(H,15,16)(H,17,18). The molecule has 0 rings (SSSR count). The number of carboxylic acids is 2. The van der Waals surface area contributed by atoms with E-state index in [1.807, 2.05) is 0 Å². The lowest BCUT2D eigenvalue weighted by Gasteiger charge is -2.26. The predicted molar refractivity (Wildman–Crippen MR) is 89.2 cm³/mol. The fourth-order valence-corrected chi connectivity index (χ4v) is 3.20. The molecule has 0 aliphatic heterocycles. The minimum atomic E-state index is -2.52. The van der Waals surface area contributed by atoms with Crippen molar-refractivity contribution in [3.05, 3.63) is 0 Å². The van der Waals surface area contributed by atoms with Gasteiger partial charge in [0.2, 0.25) is 20.6 Å². The van der Waals surface area contributed by atoms with Crippen molar-refractivity contribution < 1.29 is 36.6 Å². The van der Waals surface area contributed by atoms with Gasteiger partial charge < -0.3 is 10.2 Å². The van der Waals surface area contributed by atoms with Crippen LogP contribution < -0.4 is 0 Å². The molecule has 0 aliphatic carbocycles. The minimum absolute atomic E-state index is 0.0909. The number of carboxylic acid groups (broad SMARTS) is 2. The SMILES string of the molecule is O=C(O)CCCCCCCC(CC=S(=O)=O)(CC=S(=O)=O)C(=O)O. The normalized spacial score (nSPS) is 10.8. The first-order valence-corrected chi connectivity index (χ1v) is 9.75. The van der Waals surface area contributed by atoms with Crippen LogP contribution in [0.15, 0.2) is 0 Å². The molecule has 0 atom stereocenters. The number of unbranched alkanes of at least 4 members (excludes halogenated alkanes) is 4. The quantitative estimate of drug-likeness (QED) is 0.355. The van der Waals surface area contributed by atoms with Gasteiger partial charge in [-0.05, 0) is 25.7 Å². The molecule has 0 saturated carbocycles. The molecule has 0 aromatic heterocycles. The van der Waals surface area contributed by atoms with Crippen LogP contribution in [0.25, 0.3) is 0 Å². The van der Waals surface area contributed by atoms with Crippen LogP contribution in [-0.4, -0.2) is 49.7 Å². The van der Waals surface area contributed by atoms with Gasteiger partial charge in [0.1, 0.15) is 0 Å². The van der Waals surface area contributed by atoms with Crippen LogP contribution in [0.1, 0.15) is 57.8 Å². The lowest BCUT2D eigenvalue weighted by atomic mass is 9.77. The first-order valence-electron chi connectivity index (χ1n) is 7.47. The van der Waals surface area contributed by atoms with Crippen LogP contribution in [0.4, 0.5) is 0 Å². The van der Waals surface area contributed by atoms with E-state index < -0.39 is 37.9 Å². The lowest BCUT2D eigenvalue weighted by Crippen LogP contribution is -2.32. The average Bonchev–Trinajstić information content (AvgIpc) is 2.47. The van der Waals surface area contributed by atoms with Gasteiger partial charge in [-0.1, -0.05) is 25.7 Å². The van der Waals surface area contributed by atoms with Crippen LogP contribution >= 0.6 is 0 Å². The summed E-state index contributed by atoms with van der Waals surface area (Å²) in [6.45, 7) is 0. The maximum atomic E-state index is 11.6. The highest BCUT2D eigenvalue weighted by Crippen LogP contribution is 2.32. The van der Waals surface area contributed by atoms with Crippen LogP contribution in [0, 0.1) is 5.41 Å². The Morgan fingerprint density at radius 3 is 1.67 bits per heavy atom. The highest BCUT2D eigenvalue weighted by Gasteiger charge is 2.36. The van der Waals surface area contributed by atoms with Gasteiger partial charge >= 0.3 is 11.9 Å². The number of hydrogen-bond donors (Lipinski definition) is 2. The Hall–Kier alpha value is -1.68. The molecule has 0 saturated heterocycles. The molecule has 0 aromatic carbocycles. The van der Waals surface area contributed by atoms with Gasteiger partial charge in [0.15, 0.2) is 0 Å². The molecule has 0 radical (unpaired) electrons. The molecule has 2 N–H and O–H groups in total. The summed E-state index contributed by atoms with van der Waals surface area (Å²) < 4.78 is 42.7. The Morgan fingerprint density at radius 1 is 0.792 bits per heavy atom. The molecule has 0 heterocycles. The van der Waals surface area contributed by atoms with Crippen LogP contribution in [-0.2, 0) is 30.2 Å². The van der Waals surface area contributed by atoms with Crippen molar-refractivity contribution in [2.75, 3.05) is 0 Å². The second-order valence-corrected chi connectivity index (χ2v) is 7.22. The molecule has 138 valence electrons. The smallest absolute Gasteiger partial charge is 0.310 e. The first kappa shape index (κ1) is 22.3. The Balaban J connectivity index is 4.74. The molecular weight excluding hydrogens is 360 g/mol. The van der Waals surface area contributed by atoms with E-state index in [9.17, 15) is 31.5 Å². The monoisotopic (exact) mass is 382 g/mol. The summed E-state index contributed by atoms with van der Waals surface area (Å²) in [4.78, 5) is 22.0. The van der Waals surface area contributed by atoms with E-state index in [0.29, 0.717) is 25.7 Å². The fourth-order valence-electron chi connectivity index (χ4n) is 2.29. The molecule has 0 bridgehead atoms. The van der Waals surface area contributed by atoms with Gasteiger partial charge in [-0.3, -0.25) is 9.59 Å². The summed E-state index contributed by atoms with van der Waals surface area (Å²) in [5.74, 6) is -2.10. The number of hydrogen-bond acceptors (Lipinski definition) is 6.